The van der Waals surface area contributed by atoms with Gasteiger partial charge in [0.25, 0.3) is 5.91 Å². The molecule has 6 heteroatoms. The lowest BCUT2D eigenvalue weighted by molar-refractivity contribution is -0.161. The predicted octanol–water partition coefficient (Wildman–Crippen LogP) is 2.70. The molecule has 1 aromatic heterocycles. The number of hydrogen-bond donors (Lipinski definition) is 0. The number of hydrogen-bond acceptors (Lipinski definition) is 3. The molecule has 2 heterocycles. The lowest BCUT2D eigenvalue weighted by Gasteiger charge is -2.57. The molecule has 4 fully saturated rings. The maximum atomic E-state index is 13.7. The molecule has 0 N–H and O–H groups in total. The number of carbonyl (C=O) groups is 2. The van der Waals surface area contributed by atoms with Gasteiger partial charge in [-0.2, -0.15) is 0 Å². The third-order valence-electron chi connectivity index (χ3n) is 7.61. The Hall–Kier alpha value is -1.85. The molecule has 27 heavy (non-hydrogen) atoms. The molecule has 0 radical (unpaired) electrons. The molecule has 2 amide bonds. The second kappa shape index (κ2) is 5.82. The highest BCUT2D eigenvalue weighted by Gasteiger charge is 2.56. The molecule has 4 bridgehead atoms. The zero-order valence-corrected chi connectivity index (χ0v) is 16.6. The molecule has 1 unspecified atom stereocenters. The highest BCUT2D eigenvalue weighted by atomic mass is 16.2. The van der Waals surface area contributed by atoms with E-state index in [1.807, 2.05) is 6.20 Å². The number of fused-ring (bicyclic) bond motifs is 1. The van der Waals surface area contributed by atoms with E-state index in [1.165, 1.54) is 19.3 Å². The van der Waals surface area contributed by atoms with E-state index in [-0.39, 0.29) is 17.4 Å². The summed E-state index contributed by atoms with van der Waals surface area (Å²) < 4.78 is 2.06. The van der Waals surface area contributed by atoms with Crippen LogP contribution in [0.25, 0.3) is 0 Å². The fraction of sp³-hybridized carbons (Fsp3) is 0.762. The minimum atomic E-state index is -0.111. The Labute approximate surface area is 160 Å². The van der Waals surface area contributed by atoms with Crippen molar-refractivity contribution in [2.24, 2.45) is 23.2 Å². The normalized spacial score (nSPS) is 36.6. The lowest BCUT2D eigenvalue weighted by Crippen LogP contribution is -2.56. The second-order valence-corrected chi connectivity index (χ2v) is 9.75. The average Bonchev–Trinajstić information content (AvgIpc) is 3.04. The number of rotatable bonds is 2. The van der Waals surface area contributed by atoms with Crippen molar-refractivity contribution < 1.29 is 9.59 Å². The van der Waals surface area contributed by atoms with Crippen molar-refractivity contribution in [2.75, 3.05) is 20.6 Å². The van der Waals surface area contributed by atoms with Crippen LogP contribution in [0.15, 0.2) is 6.20 Å². The van der Waals surface area contributed by atoms with Crippen molar-refractivity contribution in [3.8, 4) is 0 Å². The molecule has 0 spiro atoms. The quantitative estimate of drug-likeness (QED) is 0.804. The Morgan fingerprint density at radius 1 is 1.07 bits per heavy atom. The summed E-state index contributed by atoms with van der Waals surface area (Å²) in [5.41, 5.74) is 0.367. The van der Waals surface area contributed by atoms with E-state index in [0.29, 0.717) is 11.6 Å². The molecule has 0 aromatic carbocycles. The van der Waals surface area contributed by atoms with E-state index in [0.717, 1.165) is 55.9 Å². The first-order valence-corrected chi connectivity index (χ1v) is 10.5. The highest BCUT2D eigenvalue weighted by molar-refractivity contribution is 5.92. The standard InChI is InChI=1S/C21H30N4O2/c1-13-18-22-17(19(26)23(2)3)12-24(18)4-5-25(13)20(27)21-9-14-6-15(10-21)8-16(7-14)11-21/h12-16H,4-11H2,1-3H3. The van der Waals surface area contributed by atoms with Crippen LogP contribution in [-0.2, 0) is 11.3 Å². The summed E-state index contributed by atoms with van der Waals surface area (Å²) in [5, 5.41) is 0. The molecule has 4 aliphatic carbocycles. The molecule has 1 atom stereocenters. The fourth-order valence-electron chi connectivity index (χ4n) is 6.78. The monoisotopic (exact) mass is 370 g/mol. The zero-order chi connectivity index (χ0) is 18.9. The molecule has 1 aromatic rings. The van der Waals surface area contributed by atoms with Crippen LogP contribution in [0.2, 0.25) is 0 Å². The zero-order valence-electron chi connectivity index (χ0n) is 16.6. The third kappa shape index (κ3) is 2.55. The van der Waals surface area contributed by atoms with Gasteiger partial charge < -0.3 is 14.4 Å². The number of carbonyl (C=O) groups excluding carboxylic acids is 2. The van der Waals surface area contributed by atoms with Crippen LogP contribution in [0.1, 0.15) is 67.8 Å². The van der Waals surface area contributed by atoms with Crippen molar-refractivity contribution >= 4 is 11.8 Å². The number of aromatic nitrogens is 2. The van der Waals surface area contributed by atoms with Crippen LogP contribution in [0, 0.1) is 23.2 Å². The number of nitrogens with zero attached hydrogens (tertiary/aromatic N) is 4. The first-order valence-electron chi connectivity index (χ1n) is 10.5. The Kier molecular flexibility index (Phi) is 3.72. The molecule has 4 saturated carbocycles. The van der Waals surface area contributed by atoms with E-state index < -0.39 is 0 Å². The number of imidazole rings is 1. The summed E-state index contributed by atoms with van der Waals surface area (Å²) in [7, 11) is 3.49. The van der Waals surface area contributed by atoms with Gasteiger partial charge in [0.1, 0.15) is 11.5 Å². The molecule has 1 aliphatic heterocycles. The van der Waals surface area contributed by atoms with Gasteiger partial charge in [0.05, 0.1) is 11.5 Å². The predicted molar refractivity (Wildman–Crippen MR) is 101 cm³/mol. The SMILES string of the molecule is CC1c2nc(C(=O)N(C)C)cn2CCN1C(=O)C12CC3CC(CC(C3)C1)C2. The van der Waals surface area contributed by atoms with Gasteiger partial charge in [-0.05, 0) is 63.2 Å². The summed E-state index contributed by atoms with van der Waals surface area (Å²) in [6.45, 7) is 3.52. The van der Waals surface area contributed by atoms with Gasteiger partial charge in [-0.3, -0.25) is 9.59 Å². The smallest absolute Gasteiger partial charge is 0.273 e. The third-order valence-corrected chi connectivity index (χ3v) is 7.61. The minimum Gasteiger partial charge on any atom is -0.343 e. The Morgan fingerprint density at radius 3 is 2.22 bits per heavy atom. The maximum absolute atomic E-state index is 13.7. The summed E-state index contributed by atoms with van der Waals surface area (Å²) >= 11 is 0. The van der Waals surface area contributed by atoms with E-state index in [4.69, 9.17) is 0 Å². The summed E-state index contributed by atoms with van der Waals surface area (Å²) in [4.78, 5) is 34.2. The van der Waals surface area contributed by atoms with Crippen LogP contribution >= 0.6 is 0 Å². The van der Waals surface area contributed by atoms with Crippen molar-refractivity contribution in [1.82, 2.24) is 19.4 Å². The molecular formula is C21H30N4O2. The fourth-order valence-corrected chi connectivity index (χ4v) is 6.78. The Balaban J connectivity index is 1.41. The molecule has 146 valence electrons. The van der Waals surface area contributed by atoms with Gasteiger partial charge in [-0.1, -0.05) is 0 Å². The van der Waals surface area contributed by atoms with Gasteiger partial charge in [0.15, 0.2) is 0 Å². The molecule has 5 aliphatic rings. The molecule has 0 saturated heterocycles. The van der Waals surface area contributed by atoms with Crippen molar-refractivity contribution in [3.63, 3.8) is 0 Å². The first-order chi connectivity index (χ1) is 12.9. The molecule has 6 rings (SSSR count). The summed E-state index contributed by atoms with van der Waals surface area (Å²) in [6.07, 6.45) is 9.19. The Bertz CT molecular complexity index is 761. The maximum Gasteiger partial charge on any atom is 0.273 e. The van der Waals surface area contributed by atoms with E-state index in [1.54, 1.807) is 19.0 Å². The largest absolute Gasteiger partial charge is 0.343 e. The van der Waals surface area contributed by atoms with Crippen molar-refractivity contribution in [1.29, 1.82) is 0 Å². The second-order valence-electron chi connectivity index (χ2n) is 9.75. The average molecular weight is 370 g/mol. The van der Waals surface area contributed by atoms with E-state index in [9.17, 15) is 9.59 Å². The van der Waals surface area contributed by atoms with Crippen LogP contribution in [0.4, 0.5) is 0 Å². The minimum absolute atomic E-state index is 0.0667. The van der Waals surface area contributed by atoms with Gasteiger partial charge in [-0.25, -0.2) is 4.98 Å². The first kappa shape index (κ1) is 17.3. The van der Waals surface area contributed by atoms with Gasteiger partial charge in [-0.15, -0.1) is 0 Å². The van der Waals surface area contributed by atoms with Gasteiger partial charge >= 0.3 is 0 Å². The van der Waals surface area contributed by atoms with Crippen molar-refractivity contribution in [3.05, 3.63) is 17.7 Å². The van der Waals surface area contributed by atoms with Crippen LogP contribution in [0.3, 0.4) is 0 Å². The van der Waals surface area contributed by atoms with E-state index in [2.05, 4.69) is 21.4 Å². The van der Waals surface area contributed by atoms with Crippen LogP contribution in [-0.4, -0.2) is 51.8 Å². The highest BCUT2D eigenvalue weighted by Crippen LogP contribution is 2.61. The summed E-state index contributed by atoms with van der Waals surface area (Å²) in [6, 6.07) is -0.0667. The summed E-state index contributed by atoms with van der Waals surface area (Å²) in [5.74, 6) is 3.45. The van der Waals surface area contributed by atoms with Gasteiger partial charge in [0, 0.05) is 33.4 Å². The topological polar surface area (TPSA) is 58.4 Å². The molecule has 6 nitrogen and oxygen atoms in total. The molecular weight excluding hydrogens is 340 g/mol. The van der Waals surface area contributed by atoms with Crippen LogP contribution < -0.4 is 0 Å². The lowest BCUT2D eigenvalue weighted by atomic mass is 9.49. The van der Waals surface area contributed by atoms with E-state index >= 15 is 0 Å². The number of amides is 2. The van der Waals surface area contributed by atoms with Crippen LogP contribution in [0.5, 0.6) is 0 Å². The Morgan fingerprint density at radius 2 is 1.67 bits per heavy atom. The van der Waals surface area contributed by atoms with Gasteiger partial charge in [0.2, 0.25) is 5.91 Å². The van der Waals surface area contributed by atoms with Crippen molar-refractivity contribution in [2.45, 2.75) is 58.0 Å².